The van der Waals surface area contributed by atoms with Crippen molar-refractivity contribution < 1.29 is 14.5 Å². The molecule has 1 unspecified atom stereocenters. The van der Waals surface area contributed by atoms with Crippen LogP contribution in [0.2, 0.25) is 0 Å². The molecule has 0 aromatic heterocycles. The summed E-state index contributed by atoms with van der Waals surface area (Å²) in [4.78, 5) is 37.8. The van der Waals surface area contributed by atoms with E-state index in [0.29, 0.717) is 17.7 Å². The lowest BCUT2D eigenvalue weighted by Gasteiger charge is -2.32. The molecule has 1 aliphatic heterocycles. The molecule has 4 aromatic carbocycles. The van der Waals surface area contributed by atoms with Gasteiger partial charge < -0.3 is 16.0 Å². The van der Waals surface area contributed by atoms with Gasteiger partial charge in [-0.25, -0.2) is 0 Å². The van der Waals surface area contributed by atoms with E-state index in [1.54, 1.807) is 18.2 Å². The zero-order valence-electron chi connectivity index (χ0n) is 22.2. The number of anilines is 1. The number of hydrogen-bond acceptors (Lipinski definition) is 5. The van der Waals surface area contributed by atoms with Gasteiger partial charge in [-0.15, -0.1) is 0 Å². The van der Waals surface area contributed by atoms with Crippen LogP contribution in [-0.4, -0.2) is 23.3 Å². The molecule has 8 nitrogen and oxygen atoms in total. The maximum atomic E-state index is 13.0. The van der Waals surface area contributed by atoms with E-state index in [0.717, 1.165) is 52.9 Å². The number of carbonyl (C=O) groups excluding carboxylic acids is 2. The van der Waals surface area contributed by atoms with E-state index in [-0.39, 0.29) is 17.6 Å². The third-order valence-electron chi connectivity index (χ3n) is 7.31. The molecule has 1 heterocycles. The fourth-order valence-corrected chi connectivity index (χ4v) is 5.24. The molecule has 1 aliphatic rings. The van der Waals surface area contributed by atoms with Crippen LogP contribution in [0.15, 0.2) is 91.0 Å². The molecular weight excluding hydrogens is 504 g/mol. The number of rotatable bonds is 8. The third-order valence-corrected chi connectivity index (χ3v) is 7.31. The fraction of sp³-hybridized carbons (Fsp3) is 0.188. The Kier molecular flexibility index (Phi) is 7.59. The highest BCUT2D eigenvalue weighted by molar-refractivity contribution is 5.99. The molecule has 2 amide bonds. The minimum Gasteiger partial charge on any atom is -0.367 e. The molecule has 8 heteroatoms. The number of primary amides is 1. The number of amides is 2. The number of non-ortho nitro benzene ring substituents is 1. The molecule has 0 saturated carbocycles. The lowest BCUT2D eigenvalue weighted by molar-refractivity contribution is -0.384. The number of fused-ring (bicyclic) bond motifs is 1. The van der Waals surface area contributed by atoms with Crippen molar-refractivity contribution in [2.45, 2.75) is 32.4 Å². The summed E-state index contributed by atoms with van der Waals surface area (Å²) in [6, 6.07) is 27.2. The van der Waals surface area contributed by atoms with Crippen LogP contribution in [0.5, 0.6) is 0 Å². The summed E-state index contributed by atoms with van der Waals surface area (Å²) in [5, 5.41) is 13.9. The van der Waals surface area contributed by atoms with Gasteiger partial charge in [-0.2, -0.15) is 0 Å². The van der Waals surface area contributed by atoms with Crippen molar-refractivity contribution >= 4 is 23.2 Å². The van der Waals surface area contributed by atoms with E-state index in [4.69, 9.17) is 5.73 Å². The first-order valence-corrected chi connectivity index (χ1v) is 13.2. The molecule has 202 valence electrons. The van der Waals surface area contributed by atoms with Crippen LogP contribution in [0.4, 0.5) is 11.4 Å². The molecule has 0 radical (unpaired) electrons. The van der Waals surface area contributed by atoms with E-state index < -0.39 is 10.8 Å². The highest BCUT2D eigenvalue weighted by Crippen LogP contribution is 2.31. The molecule has 0 bridgehead atoms. The molecule has 0 fully saturated rings. The molecule has 0 spiro atoms. The van der Waals surface area contributed by atoms with Crippen molar-refractivity contribution in [1.29, 1.82) is 0 Å². The van der Waals surface area contributed by atoms with Crippen molar-refractivity contribution in [2.24, 2.45) is 5.73 Å². The van der Waals surface area contributed by atoms with Crippen LogP contribution in [0, 0.1) is 10.1 Å². The third kappa shape index (κ3) is 5.71. The SMILES string of the molecule is CC(NC(=O)c1ccc2c(c1)CCCN2Cc1cccc(-c2ccccc2C(N)=O)c1)c1ccc([N+](=O)[O-])cc1. The predicted molar refractivity (Wildman–Crippen MR) is 155 cm³/mol. The summed E-state index contributed by atoms with van der Waals surface area (Å²) in [6.07, 6.45) is 1.86. The maximum absolute atomic E-state index is 13.0. The number of carbonyl (C=O) groups is 2. The predicted octanol–water partition coefficient (Wildman–Crippen LogP) is 5.80. The standard InChI is InChI=1S/C32H30N4O4/c1-21(23-11-14-27(15-12-23)36(39)40)34-32(38)26-13-16-30-25(19-26)8-5-17-35(30)20-22-6-4-7-24(18-22)28-9-2-3-10-29(28)31(33)37/h2-4,6-7,9-16,18-19,21H,5,8,17,20H2,1H3,(H2,33,37)(H,34,38). The zero-order chi connectivity index (χ0) is 28.2. The summed E-state index contributed by atoms with van der Waals surface area (Å²) >= 11 is 0. The summed E-state index contributed by atoms with van der Waals surface area (Å²) < 4.78 is 0. The van der Waals surface area contributed by atoms with Gasteiger partial charge in [0.15, 0.2) is 0 Å². The smallest absolute Gasteiger partial charge is 0.269 e. The second-order valence-electron chi connectivity index (χ2n) is 10.0. The van der Waals surface area contributed by atoms with Crippen LogP contribution in [0.3, 0.4) is 0 Å². The van der Waals surface area contributed by atoms with Crippen LogP contribution in [0.1, 0.15) is 56.8 Å². The highest BCUT2D eigenvalue weighted by Gasteiger charge is 2.20. The minimum absolute atomic E-state index is 0.0173. The number of nitro benzene ring substituents is 1. The van der Waals surface area contributed by atoms with Gasteiger partial charge in [0, 0.05) is 42.0 Å². The molecule has 4 aromatic rings. The average Bonchev–Trinajstić information content (AvgIpc) is 2.97. The summed E-state index contributed by atoms with van der Waals surface area (Å²) in [5.74, 6) is -0.639. The Morgan fingerprint density at radius 2 is 1.77 bits per heavy atom. The Morgan fingerprint density at radius 3 is 2.52 bits per heavy atom. The van der Waals surface area contributed by atoms with Gasteiger partial charge in [0.1, 0.15) is 0 Å². The Labute approximate surface area is 232 Å². The summed E-state index contributed by atoms with van der Waals surface area (Å²) in [5.41, 5.74) is 12.6. The van der Waals surface area contributed by atoms with Gasteiger partial charge in [0.2, 0.25) is 5.91 Å². The zero-order valence-corrected chi connectivity index (χ0v) is 22.2. The van der Waals surface area contributed by atoms with E-state index in [1.165, 1.54) is 12.1 Å². The lowest BCUT2D eigenvalue weighted by atomic mass is 9.96. The number of hydrogen-bond donors (Lipinski definition) is 2. The lowest BCUT2D eigenvalue weighted by Crippen LogP contribution is -2.30. The molecular formula is C32H30N4O4. The van der Waals surface area contributed by atoms with Crippen LogP contribution in [-0.2, 0) is 13.0 Å². The Hall–Kier alpha value is -4.98. The van der Waals surface area contributed by atoms with Crippen molar-refractivity contribution in [2.75, 3.05) is 11.4 Å². The number of nitrogens with two attached hydrogens (primary N) is 1. The second-order valence-corrected chi connectivity index (χ2v) is 10.0. The van der Waals surface area contributed by atoms with Crippen LogP contribution < -0.4 is 16.0 Å². The largest absolute Gasteiger partial charge is 0.367 e. The summed E-state index contributed by atoms with van der Waals surface area (Å²) in [6.45, 7) is 3.45. The van der Waals surface area contributed by atoms with Crippen molar-refractivity contribution in [3.8, 4) is 11.1 Å². The fourth-order valence-electron chi connectivity index (χ4n) is 5.24. The second kappa shape index (κ2) is 11.4. The first-order valence-electron chi connectivity index (χ1n) is 13.2. The normalized spacial score (nSPS) is 13.3. The van der Waals surface area contributed by atoms with Gasteiger partial charge in [0.25, 0.3) is 11.6 Å². The quantitative estimate of drug-likeness (QED) is 0.219. The topological polar surface area (TPSA) is 119 Å². The number of nitro groups is 1. The van der Waals surface area contributed by atoms with Gasteiger partial charge in [-0.1, -0.05) is 48.5 Å². The molecule has 1 atom stereocenters. The van der Waals surface area contributed by atoms with E-state index in [2.05, 4.69) is 22.3 Å². The molecule has 5 rings (SSSR count). The molecule has 3 N–H and O–H groups in total. The van der Waals surface area contributed by atoms with Crippen LogP contribution in [0.25, 0.3) is 11.1 Å². The van der Waals surface area contributed by atoms with Gasteiger partial charge in [-0.05, 0) is 77.9 Å². The van der Waals surface area contributed by atoms with Crippen LogP contribution >= 0.6 is 0 Å². The number of benzene rings is 4. The van der Waals surface area contributed by atoms with Crippen molar-refractivity contribution in [3.05, 3.63) is 129 Å². The number of aryl methyl sites for hydroxylation is 1. The minimum atomic E-state index is -0.451. The van der Waals surface area contributed by atoms with E-state index >= 15 is 0 Å². The van der Waals surface area contributed by atoms with Gasteiger partial charge in [0.05, 0.1) is 11.0 Å². The molecule has 0 aliphatic carbocycles. The Bertz CT molecular complexity index is 1580. The number of nitrogens with zero attached hydrogens (tertiary/aromatic N) is 2. The van der Waals surface area contributed by atoms with Crippen molar-refractivity contribution in [3.63, 3.8) is 0 Å². The number of nitrogens with one attached hydrogen (secondary N) is 1. The highest BCUT2D eigenvalue weighted by atomic mass is 16.6. The molecule has 40 heavy (non-hydrogen) atoms. The summed E-state index contributed by atoms with van der Waals surface area (Å²) in [7, 11) is 0. The van der Waals surface area contributed by atoms with Gasteiger partial charge >= 0.3 is 0 Å². The van der Waals surface area contributed by atoms with E-state index in [9.17, 15) is 19.7 Å². The first-order chi connectivity index (χ1) is 19.3. The average molecular weight is 535 g/mol. The molecule has 0 saturated heterocycles. The first kappa shape index (κ1) is 26.6. The Balaban J connectivity index is 1.31. The maximum Gasteiger partial charge on any atom is 0.269 e. The van der Waals surface area contributed by atoms with Gasteiger partial charge in [-0.3, -0.25) is 19.7 Å². The van der Waals surface area contributed by atoms with E-state index in [1.807, 2.05) is 55.5 Å². The van der Waals surface area contributed by atoms with Crippen molar-refractivity contribution in [1.82, 2.24) is 5.32 Å². The Morgan fingerprint density at radius 1 is 1.00 bits per heavy atom. The monoisotopic (exact) mass is 534 g/mol.